The second-order valence-corrected chi connectivity index (χ2v) is 8.80. The molecule has 3 unspecified atom stereocenters. The van der Waals surface area contributed by atoms with E-state index in [1.165, 1.54) is 18.4 Å². The molecule has 0 spiro atoms. The summed E-state index contributed by atoms with van der Waals surface area (Å²) in [4.78, 5) is 6.84. The number of methoxy groups -OCH3 is 1. The number of aromatic nitrogens is 1. The van der Waals surface area contributed by atoms with Crippen LogP contribution in [0.1, 0.15) is 51.0 Å². The van der Waals surface area contributed by atoms with Gasteiger partial charge in [-0.15, -0.1) is 0 Å². The standard InChI is InChI=1S/C23H33N3O2/c1-22(19-7-4-3-5-8-19)11-9-20-17-23(27-2,12-15-26(20)18-22)10-6-13-24-21-25-14-16-28-21/h3-5,7-8,14,16,20H,6,9-13,15,17-18H2,1-2H3,(H,24,25). The summed E-state index contributed by atoms with van der Waals surface area (Å²) < 4.78 is 11.4. The summed E-state index contributed by atoms with van der Waals surface area (Å²) in [5, 5.41) is 3.25. The number of nitrogens with zero attached hydrogens (tertiary/aromatic N) is 2. The fourth-order valence-corrected chi connectivity index (χ4v) is 5.20. The van der Waals surface area contributed by atoms with Crippen molar-refractivity contribution < 1.29 is 9.15 Å². The van der Waals surface area contributed by atoms with E-state index in [2.05, 4.69) is 52.5 Å². The van der Waals surface area contributed by atoms with Gasteiger partial charge in [0.05, 0.1) is 11.8 Å². The molecule has 3 heterocycles. The Bertz CT molecular complexity index is 736. The highest BCUT2D eigenvalue weighted by molar-refractivity contribution is 5.26. The topological polar surface area (TPSA) is 50.5 Å². The average Bonchev–Trinajstić information content (AvgIpc) is 3.26. The zero-order chi connectivity index (χ0) is 19.5. The Morgan fingerprint density at radius 3 is 2.89 bits per heavy atom. The molecule has 2 fully saturated rings. The first kappa shape index (κ1) is 19.5. The van der Waals surface area contributed by atoms with Crippen molar-refractivity contribution in [2.75, 3.05) is 32.1 Å². The fraction of sp³-hybridized carbons (Fsp3) is 0.609. The maximum Gasteiger partial charge on any atom is 0.294 e. The first-order valence-corrected chi connectivity index (χ1v) is 10.6. The Labute approximate surface area is 168 Å². The molecule has 2 saturated heterocycles. The van der Waals surface area contributed by atoms with Crippen molar-refractivity contribution in [3.05, 3.63) is 48.4 Å². The highest BCUT2D eigenvalue weighted by atomic mass is 16.5. The molecule has 4 rings (SSSR count). The molecule has 1 aromatic heterocycles. The monoisotopic (exact) mass is 383 g/mol. The van der Waals surface area contributed by atoms with Crippen LogP contribution in [0.5, 0.6) is 0 Å². The SMILES string of the molecule is COC1(CCCNc2ncco2)CCN2CC(C)(c3ccccc3)CCC2C1. The third kappa shape index (κ3) is 4.11. The lowest BCUT2D eigenvalue weighted by Crippen LogP contribution is -2.57. The lowest BCUT2D eigenvalue weighted by Gasteiger charge is -2.52. The predicted octanol–water partition coefficient (Wildman–Crippen LogP) is 4.47. The summed E-state index contributed by atoms with van der Waals surface area (Å²) in [5.74, 6) is 0. The number of fused-ring (bicyclic) bond motifs is 1. The number of piperidine rings is 2. The summed E-state index contributed by atoms with van der Waals surface area (Å²) in [6.45, 7) is 5.60. The molecule has 2 aliphatic rings. The van der Waals surface area contributed by atoms with Gasteiger partial charge in [-0.05, 0) is 44.1 Å². The predicted molar refractivity (Wildman–Crippen MR) is 112 cm³/mol. The molecule has 1 aromatic carbocycles. The summed E-state index contributed by atoms with van der Waals surface area (Å²) in [5.41, 5.74) is 1.76. The molecule has 152 valence electrons. The van der Waals surface area contributed by atoms with Crippen LogP contribution in [0.15, 0.2) is 47.2 Å². The molecular formula is C23H33N3O2. The van der Waals surface area contributed by atoms with E-state index >= 15 is 0 Å². The van der Waals surface area contributed by atoms with Crippen LogP contribution >= 0.6 is 0 Å². The largest absolute Gasteiger partial charge is 0.432 e. The second-order valence-electron chi connectivity index (χ2n) is 8.80. The summed E-state index contributed by atoms with van der Waals surface area (Å²) in [6, 6.07) is 12.3. The number of rotatable bonds is 7. The molecule has 2 aromatic rings. The number of anilines is 1. The first-order chi connectivity index (χ1) is 13.6. The van der Waals surface area contributed by atoms with Crippen molar-refractivity contribution >= 4 is 6.01 Å². The van der Waals surface area contributed by atoms with E-state index in [0.717, 1.165) is 45.3 Å². The van der Waals surface area contributed by atoms with Gasteiger partial charge in [0.25, 0.3) is 6.01 Å². The Morgan fingerprint density at radius 1 is 1.29 bits per heavy atom. The molecule has 5 nitrogen and oxygen atoms in total. The number of ether oxygens (including phenoxy) is 1. The van der Waals surface area contributed by atoms with Gasteiger partial charge in [0, 0.05) is 38.2 Å². The molecular weight excluding hydrogens is 350 g/mol. The van der Waals surface area contributed by atoms with Gasteiger partial charge in [0.15, 0.2) is 0 Å². The second kappa shape index (κ2) is 8.26. The zero-order valence-corrected chi connectivity index (χ0v) is 17.2. The van der Waals surface area contributed by atoms with Gasteiger partial charge in [-0.25, -0.2) is 4.98 Å². The van der Waals surface area contributed by atoms with Gasteiger partial charge in [0.2, 0.25) is 0 Å². The summed E-state index contributed by atoms with van der Waals surface area (Å²) >= 11 is 0. The molecule has 0 amide bonds. The number of nitrogens with one attached hydrogen (secondary N) is 1. The number of oxazole rings is 1. The molecule has 5 heteroatoms. The minimum Gasteiger partial charge on any atom is -0.432 e. The molecule has 0 aliphatic carbocycles. The van der Waals surface area contributed by atoms with Gasteiger partial charge in [-0.1, -0.05) is 37.3 Å². The normalized spacial score (nSPS) is 30.7. The summed E-state index contributed by atoms with van der Waals surface area (Å²) in [6.07, 6.45) is 10.2. The number of benzene rings is 1. The van der Waals surface area contributed by atoms with Gasteiger partial charge < -0.3 is 14.5 Å². The minimum atomic E-state index is 0.0138. The van der Waals surface area contributed by atoms with Gasteiger partial charge in [-0.3, -0.25) is 4.90 Å². The van der Waals surface area contributed by atoms with Crippen LogP contribution in [0.4, 0.5) is 6.01 Å². The zero-order valence-electron chi connectivity index (χ0n) is 17.2. The smallest absolute Gasteiger partial charge is 0.294 e. The van der Waals surface area contributed by atoms with Gasteiger partial charge in [0.1, 0.15) is 6.26 Å². The molecule has 2 aliphatic heterocycles. The van der Waals surface area contributed by atoms with Crippen molar-refractivity contribution in [3.63, 3.8) is 0 Å². The van der Waals surface area contributed by atoms with Crippen molar-refractivity contribution in [1.29, 1.82) is 0 Å². The van der Waals surface area contributed by atoms with Crippen molar-refractivity contribution in [2.45, 2.75) is 62.5 Å². The molecule has 3 atom stereocenters. The van der Waals surface area contributed by atoms with E-state index in [0.29, 0.717) is 12.1 Å². The van der Waals surface area contributed by atoms with Crippen molar-refractivity contribution in [3.8, 4) is 0 Å². The van der Waals surface area contributed by atoms with Crippen LogP contribution in [-0.4, -0.2) is 48.3 Å². The maximum atomic E-state index is 6.11. The third-order valence-electron chi connectivity index (χ3n) is 6.98. The van der Waals surface area contributed by atoms with Crippen molar-refractivity contribution in [1.82, 2.24) is 9.88 Å². The molecule has 0 bridgehead atoms. The minimum absolute atomic E-state index is 0.0138. The average molecular weight is 384 g/mol. The van der Waals surface area contributed by atoms with Crippen LogP contribution in [0.2, 0.25) is 0 Å². The maximum absolute atomic E-state index is 6.11. The summed E-state index contributed by atoms with van der Waals surface area (Å²) in [7, 11) is 1.90. The van der Waals surface area contributed by atoms with Gasteiger partial charge >= 0.3 is 0 Å². The lowest BCUT2D eigenvalue weighted by molar-refractivity contribution is -0.0960. The highest BCUT2D eigenvalue weighted by Gasteiger charge is 2.45. The van der Waals surface area contributed by atoms with E-state index in [-0.39, 0.29) is 11.0 Å². The van der Waals surface area contributed by atoms with Crippen LogP contribution in [-0.2, 0) is 10.2 Å². The Morgan fingerprint density at radius 2 is 2.14 bits per heavy atom. The van der Waals surface area contributed by atoms with E-state index in [1.54, 1.807) is 12.5 Å². The molecule has 28 heavy (non-hydrogen) atoms. The fourth-order valence-electron chi connectivity index (χ4n) is 5.20. The van der Waals surface area contributed by atoms with E-state index < -0.39 is 0 Å². The quantitative estimate of drug-likeness (QED) is 0.715. The van der Waals surface area contributed by atoms with Crippen molar-refractivity contribution in [2.24, 2.45) is 0 Å². The number of hydrogen-bond acceptors (Lipinski definition) is 5. The van der Waals surface area contributed by atoms with Gasteiger partial charge in [-0.2, -0.15) is 0 Å². The van der Waals surface area contributed by atoms with Crippen LogP contribution < -0.4 is 5.32 Å². The molecule has 0 saturated carbocycles. The molecule has 0 radical (unpaired) electrons. The molecule has 1 N–H and O–H groups in total. The van der Waals surface area contributed by atoms with E-state index in [4.69, 9.17) is 9.15 Å². The van der Waals surface area contributed by atoms with Crippen LogP contribution in [0.3, 0.4) is 0 Å². The van der Waals surface area contributed by atoms with Crippen LogP contribution in [0, 0.1) is 0 Å². The third-order valence-corrected chi connectivity index (χ3v) is 6.98. The van der Waals surface area contributed by atoms with E-state index in [1.807, 2.05) is 7.11 Å². The lowest BCUT2D eigenvalue weighted by atomic mass is 9.70. The van der Waals surface area contributed by atoms with E-state index in [9.17, 15) is 0 Å². The van der Waals surface area contributed by atoms with Crippen LogP contribution in [0.25, 0.3) is 0 Å². The highest BCUT2D eigenvalue weighted by Crippen LogP contribution is 2.43. The number of hydrogen-bond donors (Lipinski definition) is 1. The first-order valence-electron chi connectivity index (χ1n) is 10.6. The Kier molecular flexibility index (Phi) is 5.74. The Balaban J connectivity index is 1.32. The Hall–Kier alpha value is -1.85.